The van der Waals surface area contributed by atoms with E-state index in [9.17, 15) is 4.79 Å². The summed E-state index contributed by atoms with van der Waals surface area (Å²) in [5.41, 5.74) is 3.78. The van der Waals surface area contributed by atoms with Crippen molar-refractivity contribution in [2.45, 2.75) is 30.5 Å². The number of benzene rings is 1. The van der Waals surface area contributed by atoms with Crippen LogP contribution in [0.5, 0.6) is 0 Å². The third-order valence-corrected chi connectivity index (χ3v) is 4.60. The molecule has 0 aliphatic rings. The molecule has 5 heteroatoms. The van der Waals surface area contributed by atoms with Gasteiger partial charge in [0.1, 0.15) is 5.51 Å². The van der Waals surface area contributed by atoms with Crippen molar-refractivity contribution < 1.29 is 4.79 Å². The van der Waals surface area contributed by atoms with Gasteiger partial charge in [-0.1, -0.05) is 68.1 Å². The van der Waals surface area contributed by atoms with E-state index in [0.717, 1.165) is 9.90 Å². The Bertz CT molecular complexity index is 542. The van der Waals surface area contributed by atoms with Gasteiger partial charge in [0.2, 0.25) is 0 Å². The van der Waals surface area contributed by atoms with Crippen LogP contribution >= 0.6 is 23.1 Å². The highest BCUT2D eigenvalue weighted by atomic mass is 32.2. The van der Waals surface area contributed by atoms with Crippen LogP contribution < -0.4 is 0 Å². The molecule has 1 heterocycles. The molecule has 0 bridgehead atoms. The van der Waals surface area contributed by atoms with E-state index in [1.807, 2.05) is 24.3 Å². The van der Waals surface area contributed by atoms with Crippen LogP contribution in [-0.4, -0.2) is 21.7 Å². The number of ketones is 1. The van der Waals surface area contributed by atoms with Crippen molar-refractivity contribution >= 4 is 28.9 Å². The predicted octanol–water partition coefficient (Wildman–Crippen LogP) is 3.81. The molecule has 3 nitrogen and oxygen atoms in total. The van der Waals surface area contributed by atoms with Gasteiger partial charge < -0.3 is 0 Å². The highest BCUT2D eigenvalue weighted by Crippen LogP contribution is 2.23. The van der Waals surface area contributed by atoms with Crippen molar-refractivity contribution in [2.75, 3.05) is 5.75 Å². The van der Waals surface area contributed by atoms with Crippen LogP contribution in [0.25, 0.3) is 0 Å². The van der Waals surface area contributed by atoms with Crippen molar-refractivity contribution in [3.8, 4) is 0 Å². The van der Waals surface area contributed by atoms with Gasteiger partial charge in [-0.15, -0.1) is 10.2 Å². The average molecular weight is 292 g/mol. The SMILES string of the molecule is CC(C)(C)c1ccc(C(=O)CSc2nncs2)cc1. The zero-order valence-electron chi connectivity index (χ0n) is 11.2. The molecule has 1 aromatic carbocycles. The maximum absolute atomic E-state index is 12.0. The fourth-order valence-electron chi connectivity index (χ4n) is 1.59. The lowest BCUT2D eigenvalue weighted by Gasteiger charge is -2.18. The first kappa shape index (κ1) is 14.2. The Morgan fingerprint density at radius 1 is 1.26 bits per heavy atom. The number of hydrogen-bond acceptors (Lipinski definition) is 5. The third-order valence-electron chi connectivity index (χ3n) is 2.74. The summed E-state index contributed by atoms with van der Waals surface area (Å²) in [7, 11) is 0. The minimum Gasteiger partial charge on any atom is -0.293 e. The van der Waals surface area contributed by atoms with Gasteiger partial charge in [0.25, 0.3) is 0 Å². The first-order valence-corrected chi connectivity index (χ1v) is 7.86. The van der Waals surface area contributed by atoms with Crippen LogP contribution in [0.2, 0.25) is 0 Å². The van der Waals surface area contributed by atoms with Gasteiger partial charge >= 0.3 is 0 Å². The van der Waals surface area contributed by atoms with Gasteiger partial charge in [-0.05, 0) is 11.0 Å². The van der Waals surface area contributed by atoms with E-state index in [2.05, 4.69) is 31.0 Å². The molecule has 0 radical (unpaired) electrons. The minimum atomic E-state index is 0.114. The predicted molar refractivity (Wildman–Crippen MR) is 80.1 cm³/mol. The Labute approximate surface area is 121 Å². The smallest absolute Gasteiger partial charge is 0.174 e. The molecule has 0 atom stereocenters. The normalized spacial score (nSPS) is 11.5. The molecule has 19 heavy (non-hydrogen) atoms. The van der Waals surface area contributed by atoms with Crippen molar-refractivity contribution in [3.63, 3.8) is 0 Å². The fraction of sp³-hybridized carbons (Fsp3) is 0.357. The number of carbonyl (C=O) groups is 1. The number of rotatable bonds is 4. The summed E-state index contributed by atoms with van der Waals surface area (Å²) in [5.74, 6) is 0.532. The van der Waals surface area contributed by atoms with E-state index in [1.165, 1.54) is 28.7 Å². The molecule has 2 aromatic rings. The topological polar surface area (TPSA) is 42.9 Å². The van der Waals surface area contributed by atoms with Gasteiger partial charge in [-0.25, -0.2) is 0 Å². The van der Waals surface area contributed by atoms with E-state index in [0.29, 0.717) is 5.75 Å². The lowest BCUT2D eigenvalue weighted by atomic mass is 9.86. The van der Waals surface area contributed by atoms with Crippen LogP contribution in [-0.2, 0) is 5.41 Å². The van der Waals surface area contributed by atoms with Crippen LogP contribution in [0, 0.1) is 0 Å². The van der Waals surface area contributed by atoms with Gasteiger partial charge in [0, 0.05) is 5.56 Å². The van der Waals surface area contributed by atoms with Crippen LogP contribution in [0.15, 0.2) is 34.1 Å². The monoisotopic (exact) mass is 292 g/mol. The second-order valence-electron chi connectivity index (χ2n) is 5.24. The minimum absolute atomic E-state index is 0.114. The maximum atomic E-state index is 12.0. The molecule has 0 aliphatic carbocycles. The summed E-state index contributed by atoms with van der Waals surface area (Å²) in [5, 5.41) is 7.66. The Balaban J connectivity index is 2.00. The van der Waals surface area contributed by atoms with Crippen molar-refractivity contribution in [1.82, 2.24) is 10.2 Å². The van der Waals surface area contributed by atoms with E-state index in [1.54, 1.807) is 5.51 Å². The molecule has 0 saturated carbocycles. The Morgan fingerprint density at radius 3 is 2.47 bits per heavy atom. The number of Topliss-reactive ketones (excluding diaryl/α,β-unsaturated/α-hetero) is 1. The number of thioether (sulfide) groups is 1. The number of carbonyl (C=O) groups excluding carboxylic acids is 1. The van der Waals surface area contributed by atoms with E-state index in [4.69, 9.17) is 0 Å². The molecule has 0 aliphatic heterocycles. The summed E-state index contributed by atoms with van der Waals surface area (Å²) >= 11 is 2.89. The summed E-state index contributed by atoms with van der Waals surface area (Å²) in [6, 6.07) is 7.87. The summed E-state index contributed by atoms with van der Waals surface area (Å²) < 4.78 is 0.833. The van der Waals surface area contributed by atoms with Gasteiger partial charge in [0.15, 0.2) is 10.1 Å². The molecule has 0 fully saturated rings. The Hall–Kier alpha value is -1.20. The second kappa shape index (κ2) is 5.84. The van der Waals surface area contributed by atoms with Crippen LogP contribution in [0.4, 0.5) is 0 Å². The van der Waals surface area contributed by atoms with Crippen molar-refractivity contribution in [1.29, 1.82) is 0 Å². The third kappa shape index (κ3) is 3.88. The summed E-state index contributed by atoms with van der Waals surface area (Å²) in [6.07, 6.45) is 0. The molecule has 2 rings (SSSR count). The average Bonchev–Trinajstić information content (AvgIpc) is 2.88. The van der Waals surface area contributed by atoms with E-state index in [-0.39, 0.29) is 11.2 Å². The molecular formula is C14H16N2OS2. The van der Waals surface area contributed by atoms with Gasteiger partial charge in [0.05, 0.1) is 5.75 Å². The first-order valence-electron chi connectivity index (χ1n) is 5.99. The standard InChI is InChI=1S/C14H16N2OS2/c1-14(2,3)11-6-4-10(5-7-11)12(17)8-18-13-16-15-9-19-13/h4-7,9H,8H2,1-3H3. The van der Waals surface area contributed by atoms with Gasteiger partial charge in [-0.2, -0.15) is 0 Å². The highest BCUT2D eigenvalue weighted by Gasteiger charge is 2.14. The largest absolute Gasteiger partial charge is 0.293 e. The van der Waals surface area contributed by atoms with Crippen molar-refractivity contribution in [2.24, 2.45) is 0 Å². The van der Waals surface area contributed by atoms with E-state index >= 15 is 0 Å². The quantitative estimate of drug-likeness (QED) is 0.635. The number of hydrogen-bond donors (Lipinski definition) is 0. The molecule has 0 amide bonds. The number of nitrogens with zero attached hydrogens (tertiary/aromatic N) is 2. The summed E-state index contributed by atoms with van der Waals surface area (Å²) in [4.78, 5) is 12.0. The lowest BCUT2D eigenvalue weighted by molar-refractivity contribution is 0.102. The summed E-state index contributed by atoms with van der Waals surface area (Å²) in [6.45, 7) is 6.49. The fourth-order valence-corrected chi connectivity index (χ4v) is 2.98. The van der Waals surface area contributed by atoms with Crippen molar-refractivity contribution in [3.05, 3.63) is 40.9 Å². The zero-order valence-corrected chi connectivity index (χ0v) is 12.8. The van der Waals surface area contributed by atoms with Gasteiger partial charge in [-0.3, -0.25) is 4.79 Å². The zero-order chi connectivity index (χ0) is 13.9. The molecule has 0 unspecified atom stereocenters. The molecule has 0 saturated heterocycles. The molecule has 1 aromatic heterocycles. The van der Waals surface area contributed by atoms with Crippen LogP contribution in [0.3, 0.4) is 0 Å². The maximum Gasteiger partial charge on any atom is 0.174 e. The lowest BCUT2D eigenvalue weighted by Crippen LogP contribution is -2.11. The molecule has 0 spiro atoms. The Kier molecular flexibility index (Phi) is 4.37. The van der Waals surface area contributed by atoms with Crippen LogP contribution in [0.1, 0.15) is 36.7 Å². The second-order valence-corrected chi connectivity index (χ2v) is 7.30. The first-order chi connectivity index (χ1) is 8.97. The van der Waals surface area contributed by atoms with E-state index < -0.39 is 0 Å². The number of aromatic nitrogens is 2. The Morgan fingerprint density at radius 2 is 1.95 bits per heavy atom. The molecule has 0 N–H and O–H groups in total. The highest BCUT2D eigenvalue weighted by molar-refractivity contribution is 8.01. The molecule has 100 valence electrons. The molecular weight excluding hydrogens is 276 g/mol.